The molecular weight excluding hydrogens is 208 g/mol. The fourth-order valence-electron chi connectivity index (χ4n) is 0.857. The highest BCUT2D eigenvalue weighted by molar-refractivity contribution is 7.80. The van der Waals surface area contributed by atoms with Gasteiger partial charge >= 0.3 is 5.69 Å². The second kappa shape index (κ2) is 3.89. The van der Waals surface area contributed by atoms with Crippen LogP contribution in [-0.4, -0.2) is 14.5 Å². The quantitative estimate of drug-likeness (QED) is 0.519. The highest BCUT2D eigenvalue weighted by Gasteiger charge is 2.03. The van der Waals surface area contributed by atoms with Crippen LogP contribution in [0.1, 0.15) is 12.5 Å². The Balaban J connectivity index is 3.48. The molecule has 0 amide bonds. The molecule has 1 aromatic heterocycles. The number of thiocarbonyl (C=S) groups is 1. The van der Waals surface area contributed by atoms with Gasteiger partial charge in [0, 0.05) is 17.5 Å². The first-order valence-electron chi connectivity index (χ1n) is 3.53. The lowest BCUT2D eigenvalue weighted by atomic mass is 10.4. The number of nitrogens with one attached hydrogen (secondary N) is 1. The first-order chi connectivity index (χ1) is 6.06. The summed E-state index contributed by atoms with van der Waals surface area (Å²) in [6.45, 7) is 1.61. The average molecular weight is 216 g/mol. The molecule has 1 N–H and O–H groups in total. The summed E-state index contributed by atoms with van der Waals surface area (Å²) < 4.78 is 1.21. The second-order valence-corrected chi connectivity index (χ2v) is 3.37. The van der Waals surface area contributed by atoms with Crippen molar-refractivity contribution in [2.45, 2.75) is 12.7 Å². The second-order valence-electron chi connectivity index (χ2n) is 2.46. The summed E-state index contributed by atoms with van der Waals surface area (Å²) >= 11 is 8.77. The molecule has 13 heavy (non-hydrogen) atoms. The zero-order valence-corrected chi connectivity index (χ0v) is 8.61. The Morgan fingerprint density at radius 3 is 2.77 bits per heavy atom. The Morgan fingerprint density at radius 2 is 2.31 bits per heavy atom. The van der Waals surface area contributed by atoms with Gasteiger partial charge in [-0.25, -0.2) is 4.79 Å². The predicted octanol–water partition coefficient (Wildman–Crippen LogP) is 0.162. The SMILES string of the molecule is CC(=S)n1cc(CS)c(=O)[nH]c1=O. The van der Waals surface area contributed by atoms with E-state index in [9.17, 15) is 9.59 Å². The van der Waals surface area contributed by atoms with Crippen LogP contribution in [0.4, 0.5) is 0 Å². The molecule has 0 spiro atoms. The van der Waals surface area contributed by atoms with Gasteiger partial charge in [0.1, 0.15) is 0 Å². The number of aromatic nitrogens is 2. The number of hydrogen-bond donors (Lipinski definition) is 2. The van der Waals surface area contributed by atoms with Crippen LogP contribution in [0.25, 0.3) is 0 Å². The molecule has 0 radical (unpaired) electrons. The Labute approximate surface area is 85.0 Å². The summed E-state index contributed by atoms with van der Waals surface area (Å²) in [6, 6.07) is 0. The predicted molar refractivity (Wildman–Crippen MR) is 57.7 cm³/mol. The molecule has 0 aliphatic heterocycles. The molecule has 0 atom stereocenters. The Bertz CT molecular complexity index is 447. The molecule has 0 aliphatic rings. The van der Waals surface area contributed by atoms with Crippen LogP contribution in [0.3, 0.4) is 0 Å². The van der Waals surface area contributed by atoms with E-state index in [0.717, 1.165) is 0 Å². The zero-order chi connectivity index (χ0) is 10.0. The van der Waals surface area contributed by atoms with E-state index in [4.69, 9.17) is 12.2 Å². The number of aromatic amines is 1. The Morgan fingerprint density at radius 1 is 1.69 bits per heavy atom. The molecule has 0 aliphatic carbocycles. The summed E-state index contributed by atoms with van der Waals surface area (Å²) in [7, 11) is 0. The van der Waals surface area contributed by atoms with Crippen molar-refractivity contribution in [3.05, 3.63) is 32.6 Å². The minimum atomic E-state index is -0.511. The van der Waals surface area contributed by atoms with Crippen molar-refractivity contribution in [3.63, 3.8) is 0 Å². The fraction of sp³-hybridized carbons (Fsp3) is 0.286. The van der Waals surface area contributed by atoms with E-state index in [1.165, 1.54) is 10.8 Å². The molecule has 70 valence electrons. The van der Waals surface area contributed by atoms with Crippen molar-refractivity contribution in [1.29, 1.82) is 0 Å². The van der Waals surface area contributed by atoms with Crippen LogP contribution in [0, 0.1) is 0 Å². The third kappa shape index (κ3) is 2.07. The summed E-state index contributed by atoms with van der Waals surface area (Å²) in [5.41, 5.74) is -0.498. The maximum atomic E-state index is 11.1. The highest BCUT2D eigenvalue weighted by Crippen LogP contribution is 1.92. The van der Waals surface area contributed by atoms with Crippen LogP contribution in [0.2, 0.25) is 0 Å². The van der Waals surface area contributed by atoms with Gasteiger partial charge in [-0.15, -0.1) is 0 Å². The van der Waals surface area contributed by atoms with Crippen molar-refractivity contribution in [3.8, 4) is 0 Å². The molecule has 0 aromatic carbocycles. The van der Waals surface area contributed by atoms with Gasteiger partial charge in [0.05, 0.1) is 4.99 Å². The fourth-order valence-corrected chi connectivity index (χ4v) is 1.22. The lowest BCUT2D eigenvalue weighted by molar-refractivity contribution is 0.922. The van der Waals surface area contributed by atoms with E-state index in [0.29, 0.717) is 10.6 Å². The molecule has 0 bridgehead atoms. The van der Waals surface area contributed by atoms with Crippen molar-refractivity contribution < 1.29 is 0 Å². The van der Waals surface area contributed by atoms with Gasteiger partial charge in [-0.1, -0.05) is 12.2 Å². The van der Waals surface area contributed by atoms with Gasteiger partial charge in [0.25, 0.3) is 5.56 Å². The topological polar surface area (TPSA) is 54.9 Å². The largest absolute Gasteiger partial charge is 0.333 e. The van der Waals surface area contributed by atoms with Crippen LogP contribution in [0.5, 0.6) is 0 Å². The molecule has 1 aromatic rings. The van der Waals surface area contributed by atoms with Crippen molar-refractivity contribution in [2.75, 3.05) is 0 Å². The number of nitrogens with zero attached hydrogens (tertiary/aromatic N) is 1. The van der Waals surface area contributed by atoms with Crippen LogP contribution < -0.4 is 11.2 Å². The first-order valence-corrected chi connectivity index (χ1v) is 4.57. The number of hydrogen-bond acceptors (Lipinski definition) is 4. The van der Waals surface area contributed by atoms with Gasteiger partial charge in [0.15, 0.2) is 0 Å². The summed E-state index contributed by atoms with van der Waals surface area (Å²) in [4.78, 5) is 24.8. The summed E-state index contributed by atoms with van der Waals surface area (Å²) in [6.07, 6.45) is 1.41. The zero-order valence-electron chi connectivity index (χ0n) is 6.90. The first kappa shape index (κ1) is 10.2. The third-order valence-corrected chi connectivity index (χ3v) is 2.06. The van der Waals surface area contributed by atoms with Crippen molar-refractivity contribution in [1.82, 2.24) is 9.55 Å². The molecule has 1 heterocycles. The average Bonchev–Trinajstić information content (AvgIpc) is 2.03. The third-order valence-electron chi connectivity index (χ3n) is 1.53. The van der Waals surface area contributed by atoms with E-state index in [2.05, 4.69) is 17.6 Å². The highest BCUT2D eigenvalue weighted by atomic mass is 32.1. The number of thiol groups is 1. The van der Waals surface area contributed by atoms with E-state index in [1.807, 2.05) is 0 Å². The minimum absolute atomic E-state index is 0.276. The van der Waals surface area contributed by atoms with Crippen LogP contribution >= 0.6 is 24.8 Å². The molecular formula is C7H8N2O2S2. The monoisotopic (exact) mass is 216 g/mol. The normalized spacial score (nSPS) is 10.0. The molecule has 0 saturated heterocycles. The van der Waals surface area contributed by atoms with Gasteiger partial charge < -0.3 is 0 Å². The number of H-pyrrole nitrogens is 1. The smallest absolute Gasteiger partial charge is 0.273 e. The lowest BCUT2D eigenvalue weighted by Gasteiger charge is -2.02. The molecule has 0 fully saturated rings. The Kier molecular flexibility index (Phi) is 3.05. The summed E-state index contributed by atoms with van der Waals surface area (Å²) in [5, 5.41) is 0. The van der Waals surface area contributed by atoms with Crippen LogP contribution in [-0.2, 0) is 5.75 Å². The van der Waals surface area contributed by atoms with Gasteiger partial charge in [-0.3, -0.25) is 14.3 Å². The van der Waals surface area contributed by atoms with Gasteiger partial charge in [-0.05, 0) is 6.92 Å². The standard InChI is InChI=1S/C7H8N2O2S2/c1-4(13)9-2-5(3-12)6(10)8-7(9)11/h2,12H,3H2,1H3,(H,8,10,11). The van der Waals surface area contributed by atoms with Gasteiger partial charge in [-0.2, -0.15) is 12.6 Å². The van der Waals surface area contributed by atoms with E-state index in [1.54, 1.807) is 6.92 Å². The lowest BCUT2D eigenvalue weighted by Crippen LogP contribution is -2.33. The minimum Gasteiger partial charge on any atom is -0.273 e. The maximum absolute atomic E-state index is 11.1. The Hall–Kier alpha value is -0.880. The molecule has 4 nitrogen and oxygen atoms in total. The van der Waals surface area contributed by atoms with E-state index >= 15 is 0 Å². The van der Waals surface area contributed by atoms with E-state index < -0.39 is 11.2 Å². The molecule has 6 heteroatoms. The molecule has 0 saturated carbocycles. The van der Waals surface area contributed by atoms with Crippen molar-refractivity contribution >= 4 is 29.8 Å². The van der Waals surface area contributed by atoms with Gasteiger partial charge in [0.2, 0.25) is 0 Å². The molecule has 1 rings (SSSR count). The molecule has 0 unspecified atom stereocenters. The van der Waals surface area contributed by atoms with Crippen molar-refractivity contribution in [2.24, 2.45) is 0 Å². The summed E-state index contributed by atoms with van der Waals surface area (Å²) in [5.74, 6) is 0.276. The van der Waals surface area contributed by atoms with E-state index in [-0.39, 0.29) is 5.75 Å². The van der Waals surface area contributed by atoms with Crippen LogP contribution in [0.15, 0.2) is 15.8 Å². The number of rotatable bonds is 1. The maximum Gasteiger partial charge on any atom is 0.333 e.